The van der Waals surface area contributed by atoms with Gasteiger partial charge in [0.25, 0.3) is 0 Å². The minimum absolute atomic E-state index is 0.0156. The van der Waals surface area contributed by atoms with Crippen molar-refractivity contribution in [2.75, 3.05) is 0 Å². The number of carbonyl (C=O) groups is 3. The number of nitrogens with zero attached hydrogens (tertiary/aromatic N) is 1. The SMILES string of the molecule is Cc1ccc(C(C(=O)NC2CCCCC2)N(C(=O)C(C)NC(=O)OC(C)(C)C)C2CC2)c(C)c1. The molecule has 7 nitrogen and oxygen atoms in total. The van der Waals surface area contributed by atoms with Crippen molar-refractivity contribution in [3.05, 3.63) is 34.9 Å². The predicted octanol–water partition coefficient (Wildman–Crippen LogP) is 4.70. The number of nitrogens with one attached hydrogen (secondary N) is 2. The van der Waals surface area contributed by atoms with E-state index in [1.807, 2.05) is 32.0 Å². The highest BCUT2D eigenvalue weighted by molar-refractivity contribution is 5.92. The highest BCUT2D eigenvalue weighted by atomic mass is 16.6. The van der Waals surface area contributed by atoms with E-state index in [4.69, 9.17) is 4.74 Å². The number of rotatable bonds is 7. The van der Waals surface area contributed by atoms with Crippen LogP contribution in [0.25, 0.3) is 0 Å². The molecule has 2 aliphatic rings. The average molecular weight is 472 g/mol. The molecule has 0 saturated heterocycles. The molecule has 2 aliphatic carbocycles. The summed E-state index contributed by atoms with van der Waals surface area (Å²) in [4.78, 5) is 41.5. The number of amides is 3. The van der Waals surface area contributed by atoms with Crippen molar-refractivity contribution >= 4 is 17.9 Å². The Morgan fingerprint density at radius 1 is 1.03 bits per heavy atom. The first-order valence-corrected chi connectivity index (χ1v) is 12.7. The number of carbonyl (C=O) groups excluding carboxylic acids is 3. The van der Waals surface area contributed by atoms with Crippen LogP contribution >= 0.6 is 0 Å². The number of ether oxygens (including phenoxy) is 1. The summed E-state index contributed by atoms with van der Waals surface area (Å²) >= 11 is 0. The quantitative estimate of drug-likeness (QED) is 0.603. The molecule has 3 amide bonds. The molecule has 0 aromatic heterocycles. The maximum atomic E-state index is 13.7. The van der Waals surface area contributed by atoms with Crippen molar-refractivity contribution in [2.45, 2.75) is 116 Å². The third-order valence-corrected chi connectivity index (χ3v) is 6.50. The van der Waals surface area contributed by atoms with Crippen molar-refractivity contribution < 1.29 is 19.1 Å². The third-order valence-electron chi connectivity index (χ3n) is 6.50. The molecule has 0 spiro atoms. The van der Waals surface area contributed by atoms with E-state index in [2.05, 4.69) is 10.6 Å². The molecule has 2 atom stereocenters. The Kier molecular flexibility index (Phi) is 8.26. The van der Waals surface area contributed by atoms with E-state index in [-0.39, 0.29) is 23.9 Å². The van der Waals surface area contributed by atoms with Crippen LogP contribution < -0.4 is 10.6 Å². The van der Waals surface area contributed by atoms with Crippen LogP contribution in [-0.4, -0.2) is 46.5 Å². The molecule has 0 heterocycles. The molecule has 2 fully saturated rings. The normalized spacial score (nSPS) is 18.5. The van der Waals surface area contributed by atoms with E-state index in [1.54, 1.807) is 32.6 Å². The van der Waals surface area contributed by atoms with Crippen LogP contribution in [0.3, 0.4) is 0 Å². The summed E-state index contributed by atoms with van der Waals surface area (Å²) in [6, 6.07) is 4.58. The Hall–Kier alpha value is -2.57. The molecule has 2 saturated carbocycles. The van der Waals surface area contributed by atoms with Gasteiger partial charge in [-0.25, -0.2) is 4.79 Å². The standard InChI is InChI=1S/C27H41N3O4/c1-17-12-15-22(18(2)16-17)23(24(31)29-20-10-8-7-9-11-20)30(21-13-14-21)25(32)19(3)28-26(33)34-27(4,5)6/h12,15-16,19-21,23H,7-11,13-14H2,1-6H3,(H,28,33)(H,29,31). The molecule has 0 radical (unpaired) electrons. The summed E-state index contributed by atoms with van der Waals surface area (Å²) in [5.41, 5.74) is 2.26. The summed E-state index contributed by atoms with van der Waals surface area (Å²) in [6.45, 7) is 11.0. The predicted molar refractivity (Wildman–Crippen MR) is 132 cm³/mol. The van der Waals surface area contributed by atoms with Crippen molar-refractivity contribution in [2.24, 2.45) is 0 Å². The number of alkyl carbamates (subject to hydrolysis) is 1. The van der Waals surface area contributed by atoms with Crippen molar-refractivity contribution in [1.29, 1.82) is 0 Å². The summed E-state index contributed by atoms with van der Waals surface area (Å²) in [5, 5.41) is 5.91. The monoisotopic (exact) mass is 471 g/mol. The van der Waals surface area contributed by atoms with Crippen LogP contribution in [0.1, 0.15) is 95.4 Å². The van der Waals surface area contributed by atoms with E-state index in [1.165, 1.54) is 6.42 Å². The minimum Gasteiger partial charge on any atom is -0.444 e. The van der Waals surface area contributed by atoms with E-state index >= 15 is 0 Å². The van der Waals surface area contributed by atoms with Crippen LogP contribution in [0.15, 0.2) is 18.2 Å². The number of hydrogen-bond donors (Lipinski definition) is 2. The molecular formula is C27H41N3O4. The Morgan fingerprint density at radius 3 is 2.24 bits per heavy atom. The first-order valence-electron chi connectivity index (χ1n) is 12.7. The third kappa shape index (κ3) is 6.97. The fourth-order valence-corrected chi connectivity index (χ4v) is 4.72. The van der Waals surface area contributed by atoms with Gasteiger partial charge in [0.15, 0.2) is 0 Å². The van der Waals surface area contributed by atoms with E-state index < -0.39 is 23.8 Å². The molecule has 7 heteroatoms. The summed E-state index contributed by atoms with van der Waals surface area (Å²) in [6.07, 6.45) is 6.43. The van der Waals surface area contributed by atoms with E-state index in [9.17, 15) is 14.4 Å². The molecule has 2 unspecified atom stereocenters. The zero-order valence-electron chi connectivity index (χ0n) is 21.6. The maximum absolute atomic E-state index is 13.7. The Morgan fingerprint density at radius 2 is 1.68 bits per heavy atom. The topological polar surface area (TPSA) is 87.7 Å². The van der Waals surface area contributed by atoms with Gasteiger partial charge in [-0.1, -0.05) is 43.0 Å². The summed E-state index contributed by atoms with van der Waals surface area (Å²) in [7, 11) is 0. The molecule has 1 aromatic rings. The highest BCUT2D eigenvalue weighted by Crippen LogP contribution is 2.37. The second-order valence-electron chi connectivity index (χ2n) is 11.0. The Labute approximate surface area is 204 Å². The minimum atomic E-state index is -0.814. The number of benzene rings is 1. The van der Waals surface area contributed by atoms with Gasteiger partial charge in [0.05, 0.1) is 0 Å². The lowest BCUT2D eigenvalue weighted by Crippen LogP contribution is -2.53. The zero-order valence-corrected chi connectivity index (χ0v) is 21.6. The summed E-state index contributed by atoms with van der Waals surface area (Å²) in [5.74, 6) is -0.402. The largest absolute Gasteiger partial charge is 0.444 e. The Bertz CT molecular complexity index is 898. The maximum Gasteiger partial charge on any atom is 0.408 e. The second kappa shape index (κ2) is 10.8. The van der Waals surface area contributed by atoms with Crippen LogP contribution in [0.4, 0.5) is 4.79 Å². The smallest absolute Gasteiger partial charge is 0.408 e. The van der Waals surface area contributed by atoms with Gasteiger partial charge in [-0.2, -0.15) is 0 Å². The van der Waals surface area contributed by atoms with Gasteiger partial charge in [-0.15, -0.1) is 0 Å². The molecule has 1 aromatic carbocycles. The van der Waals surface area contributed by atoms with E-state index in [0.717, 1.165) is 55.2 Å². The van der Waals surface area contributed by atoms with Gasteiger partial charge in [0.2, 0.25) is 11.8 Å². The van der Waals surface area contributed by atoms with Gasteiger partial charge in [0.1, 0.15) is 17.7 Å². The average Bonchev–Trinajstić information content (AvgIpc) is 3.56. The fraction of sp³-hybridized carbons (Fsp3) is 0.667. The summed E-state index contributed by atoms with van der Waals surface area (Å²) < 4.78 is 5.34. The second-order valence-corrected chi connectivity index (χ2v) is 11.0. The first kappa shape index (κ1) is 26.0. The van der Waals surface area contributed by atoms with Gasteiger partial charge < -0.3 is 20.3 Å². The molecular weight excluding hydrogens is 430 g/mol. The van der Waals surface area contributed by atoms with Crippen molar-refractivity contribution in [3.63, 3.8) is 0 Å². The van der Waals surface area contributed by atoms with Gasteiger partial charge >= 0.3 is 6.09 Å². The molecule has 0 bridgehead atoms. The molecule has 188 valence electrons. The van der Waals surface area contributed by atoms with Gasteiger partial charge in [0, 0.05) is 12.1 Å². The number of aryl methyl sites for hydroxylation is 2. The Balaban J connectivity index is 1.88. The van der Waals surface area contributed by atoms with Crippen LogP contribution in [0.5, 0.6) is 0 Å². The van der Waals surface area contributed by atoms with Gasteiger partial charge in [-0.3, -0.25) is 9.59 Å². The number of hydrogen-bond acceptors (Lipinski definition) is 4. The van der Waals surface area contributed by atoms with Crippen LogP contribution in [0, 0.1) is 13.8 Å². The molecule has 0 aliphatic heterocycles. The van der Waals surface area contributed by atoms with Crippen LogP contribution in [-0.2, 0) is 14.3 Å². The zero-order chi connectivity index (χ0) is 25.0. The van der Waals surface area contributed by atoms with E-state index in [0.29, 0.717) is 0 Å². The lowest BCUT2D eigenvalue weighted by Gasteiger charge is -2.36. The fourth-order valence-electron chi connectivity index (χ4n) is 4.72. The first-order chi connectivity index (χ1) is 16.0. The molecule has 2 N–H and O–H groups in total. The highest BCUT2D eigenvalue weighted by Gasteiger charge is 2.44. The van der Waals surface area contributed by atoms with Crippen LogP contribution in [0.2, 0.25) is 0 Å². The van der Waals surface area contributed by atoms with Crippen molar-refractivity contribution in [1.82, 2.24) is 15.5 Å². The lowest BCUT2D eigenvalue weighted by atomic mass is 9.93. The lowest BCUT2D eigenvalue weighted by molar-refractivity contribution is -0.143. The molecule has 3 rings (SSSR count). The van der Waals surface area contributed by atoms with Gasteiger partial charge in [-0.05, 0) is 78.4 Å². The van der Waals surface area contributed by atoms with Crippen molar-refractivity contribution in [3.8, 4) is 0 Å². The molecule has 34 heavy (non-hydrogen) atoms.